The fraction of sp³-hybridized carbons (Fsp3) is 1.00. The highest BCUT2D eigenvalue weighted by molar-refractivity contribution is 7.80. The maximum absolute atomic E-state index is 4.37. The number of rotatable bonds is 5. The van der Waals surface area contributed by atoms with E-state index in [0.717, 1.165) is 17.6 Å². The van der Waals surface area contributed by atoms with Crippen molar-refractivity contribution in [2.75, 3.05) is 25.4 Å². The van der Waals surface area contributed by atoms with Crippen LogP contribution in [0.4, 0.5) is 0 Å². The molecule has 1 heterocycles. The molecule has 0 amide bonds. The fourth-order valence-corrected chi connectivity index (χ4v) is 2.72. The third-order valence-electron chi connectivity index (χ3n) is 3.52. The second kappa shape index (κ2) is 7.56. The Bertz CT molecular complexity index is 161. The molecule has 0 aromatic rings. The van der Waals surface area contributed by atoms with Gasteiger partial charge in [0, 0.05) is 6.54 Å². The Morgan fingerprint density at radius 1 is 1.33 bits per heavy atom. The number of hydrogen-bond donors (Lipinski definition) is 1. The van der Waals surface area contributed by atoms with Crippen LogP contribution in [0, 0.1) is 11.8 Å². The van der Waals surface area contributed by atoms with E-state index in [2.05, 4.69) is 31.4 Å². The van der Waals surface area contributed by atoms with Gasteiger partial charge >= 0.3 is 0 Å². The molecule has 15 heavy (non-hydrogen) atoms. The average Bonchev–Trinajstić information content (AvgIpc) is 2.45. The third-order valence-corrected chi connectivity index (χ3v) is 4.14. The van der Waals surface area contributed by atoms with Gasteiger partial charge in [-0.15, -0.1) is 0 Å². The Hall–Kier alpha value is 0.310. The molecule has 1 aliphatic rings. The summed E-state index contributed by atoms with van der Waals surface area (Å²) in [4.78, 5) is 2.65. The molecule has 0 saturated carbocycles. The van der Waals surface area contributed by atoms with Crippen LogP contribution in [0.2, 0.25) is 0 Å². The van der Waals surface area contributed by atoms with Gasteiger partial charge in [0.15, 0.2) is 0 Å². The minimum absolute atomic E-state index is 0.746. The molecule has 0 aliphatic carbocycles. The Morgan fingerprint density at radius 2 is 2.13 bits per heavy atom. The molecular formula is C13H27NS. The average molecular weight is 229 g/mol. The minimum atomic E-state index is 0.746. The maximum Gasteiger partial charge on any atom is 0.00148 e. The molecule has 2 unspecified atom stereocenters. The van der Waals surface area contributed by atoms with E-state index < -0.39 is 0 Å². The first kappa shape index (κ1) is 13.4. The van der Waals surface area contributed by atoms with E-state index in [1.54, 1.807) is 0 Å². The van der Waals surface area contributed by atoms with Gasteiger partial charge in [0.05, 0.1) is 0 Å². The van der Waals surface area contributed by atoms with E-state index in [1.165, 1.54) is 51.7 Å². The largest absolute Gasteiger partial charge is 0.303 e. The summed E-state index contributed by atoms with van der Waals surface area (Å²) in [5.41, 5.74) is 0. The van der Waals surface area contributed by atoms with Gasteiger partial charge in [0.25, 0.3) is 0 Å². The van der Waals surface area contributed by atoms with Crippen LogP contribution >= 0.6 is 12.6 Å². The van der Waals surface area contributed by atoms with Gasteiger partial charge in [0.1, 0.15) is 0 Å². The first-order valence-electron chi connectivity index (χ1n) is 6.59. The quantitative estimate of drug-likeness (QED) is 0.707. The number of thiol groups is 1. The van der Waals surface area contributed by atoms with Gasteiger partial charge in [-0.1, -0.05) is 26.7 Å². The minimum Gasteiger partial charge on any atom is -0.303 e. The van der Waals surface area contributed by atoms with Gasteiger partial charge in [-0.25, -0.2) is 0 Å². The summed E-state index contributed by atoms with van der Waals surface area (Å²) in [6, 6.07) is 0. The fourth-order valence-electron chi connectivity index (χ4n) is 2.60. The van der Waals surface area contributed by atoms with Gasteiger partial charge in [-0.2, -0.15) is 12.6 Å². The molecule has 0 bridgehead atoms. The van der Waals surface area contributed by atoms with Crippen LogP contribution in [-0.4, -0.2) is 30.3 Å². The van der Waals surface area contributed by atoms with Gasteiger partial charge < -0.3 is 4.90 Å². The summed E-state index contributed by atoms with van der Waals surface area (Å²) in [5, 5.41) is 0. The first-order valence-corrected chi connectivity index (χ1v) is 7.22. The van der Waals surface area contributed by atoms with E-state index in [9.17, 15) is 0 Å². The normalized spacial score (nSPS) is 26.2. The first-order chi connectivity index (χ1) is 7.26. The van der Waals surface area contributed by atoms with E-state index in [4.69, 9.17) is 0 Å². The highest BCUT2D eigenvalue weighted by Crippen LogP contribution is 2.22. The summed E-state index contributed by atoms with van der Waals surface area (Å²) in [6.07, 6.45) is 7.09. The molecule has 1 rings (SSSR count). The molecule has 0 spiro atoms. The Balaban J connectivity index is 2.26. The molecule has 1 saturated heterocycles. The number of likely N-dealkylation sites (tertiary alicyclic amines) is 1. The van der Waals surface area contributed by atoms with Gasteiger partial charge in [0.2, 0.25) is 0 Å². The Morgan fingerprint density at radius 3 is 2.80 bits per heavy atom. The van der Waals surface area contributed by atoms with Crippen LogP contribution < -0.4 is 0 Å². The predicted molar refractivity (Wildman–Crippen MR) is 71.7 cm³/mol. The zero-order chi connectivity index (χ0) is 11.1. The van der Waals surface area contributed by atoms with Crippen LogP contribution in [0.5, 0.6) is 0 Å². The highest BCUT2D eigenvalue weighted by atomic mass is 32.1. The summed E-state index contributed by atoms with van der Waals surface area (Å²) in [7, 11) is 0. The van der Waals surface area contributed by atoms with E-state index in [0.29, 0.717) is 0 Å². The summed E-state index contributed by atoms with van der Waals surface area (Å²) >= 11 is 4.37. The lowest BCUT2D eigenvalue weighted by atomic mass is 9.96. The number of nitrogens with zero attached hydrogens (tertiary/aromatic N) is 1. The molecule has 0 aromatic heterocycles. The summed E-state index contributed by atoms with van der Waals surface area (Å²) in [6.45, 7) is 8.51. The van der Waals surface area contributed by atoms with E-state index in [1.807, 2.05) is 0 Å². The zero-order valence-corrected chi connectivity index (χ0v) is 11.3. The van der Waals surface area contributed by atoms with Crippen molar-refractivity contribution in [2.24, 2.45) is 11.8 Å². The smallest absolute Gasteiger partial charge is 0.00148 e. The third kappa shape index (κ3) is 5.26. The van der Waals surface area contributed by atoms with Crippen LogP contribution in [-0.2, 0) is 0 Å². The van der Waals surface area contributed by atoms with Gasteiger partial charge in [-0.3, -0.25) is 0 Å². The maximum atomic E-state index is 4.37. The second-order valence-corrected chi connectivity index (χ2v) is 5.54. The van der Waals surface area contributed by atoms with Crippen LogP contribution in [0.3, 0.4) is 0 Å². The lowest BCUT2D eigenvalue weighted by molar-refractivity contribution is 0.251. The molecule has 1 nitrogen and oxygen atoms in total. The molecule has 0 aromatic carbocycles. The van der Waals surface area contributed by atoms with Crippen molar-refractivity contribution >= 4 is 12.6 Å². The number of hydrogen-bond acceptors (Lipinski definition) is 2. The lowest BCUT2D eigenvalue weighted by Crippen LogP contribution is -2.30. The van der Waals surface area contributed by atoms with Crippen molar-refractivity contribution in [3.05, 3.63) is 0 Å². The zero-order valence-electron chi connectivity index (χ0n) is 10.4. The molecule has 1 fully saturated rings. The van der Waals surface area contributed by atoms with Crippen molar-refractivity contribution in [1.29, 1.82) is 0 Å². The molecule has 0 N–H and O–H groups in total. The molecule has 90 valence electrons. The van der Waals surface area contributed by atoms with E-state index >= 15 is 0 Å². The van der Waals surface area contributed by atoms with Gasteiger partial charge in [-0.05, 0) is 49.9 Å². The van der Waals surface area contributed by atoms with E-state index in [-0.39, 0.29) is 0 Å². The lowest BCUT2D eigenvalue weighted by Gasteiger charge is -2.23. The van der Waals surface area contributed by atoms with Crippen molar-refractivity contribution in [3.63, 3.8) is 0 Å². The molecule has 2 heteroatoms. The molecule has 0 radical (unpaired) electrons. The van der Waals surface area contributed by atoms with Crippen LogP contribution in [0.1, 0.15) is 46.0 Å². The van der Waals surface area contributed by atoms with Crippen molar-refractivity contribution in [3.8, 4) is 0 Å². The summed E-state index contributed by atoms with van der Waals surface area (Å²) < 4.78 is 0. The monoisotopic (exact) mass is 229 g/mol. The van der Waals surface area contributed by atoms with Crippen molar-refractivity contribution < 1.29 is 0 Å². The van der Waals surface area contributed by atoms with Crippen LogP contribution in [0.15, 0.2) is 0 Å². The van der Waals surface area contributed by atoms with Crippen LogP contribution in [0.25, 0.3) is 0 Å². The Kier molecular flexibility index (Phi) is 6.74. The van der Waals surface area contributed by atoms with Crippen molar-refractivity contribution in [2.45, 2.75) is 46.0 Å². The molecule has 2 atom stereocenters. The topological polar surface area (TPSA) is 3.24 Å². The standard InChI is InChI=1S/C13H27NS/c1-3-5-13-6-4-8-14(9-7-13)10-12(2)11-15/h12-13,15H,3-11H2,1-2H3. The molecule has 1 aliphatic heterocycles. The predicted octanol–water partition coefficient (Wildman–Crippen LogP) is 3.45. The summed E-state index contributed by atoms with van der Waals surface area (Å²) in [5.74, 6) is 2.77. The molecular weight excluding hydrogens is 202 g/mol. The second-order valence-electron chi connectivity index (χ2n) is 5.17. The Labute approximate surface area is 101 Å². The van der Waals surface area contributed by atoms with Crippen molar-refractivity contribution in [1.82, 2.24) is 4.90 Å². The highest BCUT2D eigenvalue weighted by Gasteiger charge is 2.17. The SMILES string of the molecule is CCCC1CCCN(CC(C)CS)CC1.